The maximum atomic E-state index is 13.6. The van der Waals surface area contributed by atoms with E-state index in [1.165, 1.54) is 4.68 Å². The number of alkyl halides is 3. The van der Waals surface area contributed by atoms with Crippen molar-refractivity contribution in [3.8, 4) is 11.7 Å². The van der Waals surface area contributed by atoms with Gasteiger partial charge in [0.15, 0.2) is 5.82 Å². The SMILES string of the molecule is CC1(C)CC2CN1c1nc(-n3ccc(OCCC4(C(F)(F)F)CC4)n3)ccc1C(=O)NSc1cccc(n1)NCCCCCN2. The molecule has 2 fully saturated rings. The lowest BCUT2D eigenvalue weighted by Crippen LogP contribution is -2.40. The van der Waals surface area contributed by atoms with Gasteiger partial charge in [0.2, 0.25) is 5.88 Å². The quantitative estimate of drug-likeness (QED) is 0.299. The molecule has 242 valence electrons. The third-order valence-corrected chi connectivity index (χ3v) is 9.61. The molecule has 0 aromatic carbocycles. The van der Waals surface area contributed by atoms with Crippen molar-refractivity contribution in [1.29, 1.82) is 0 Å². The summed E-state index contributed by atoms with van der Waals surface area (Å²) in [5.74, 6) is 1.68. The maximum absolute atomic E-state index is 13.6. The van der Waals surface area contributed by atoms with Gasteiger partial charge in [-0.25, -0.2) is 14.6 Å². The van der Waals surface area contributed by atoms with Gasteiger partial charge in [-0.2, -0.15) is 13.2 Å². The van der Waals surface area contributed by atoms with Gasteiger partial charge in [-0.15, -0.1) is 5.10 Å². The van der Waals surface area contributed by atoms with Crippen LogP contribution in [0.5, 0.6) is 5.88 Å². The Labute approximate surface area is 265 Å². The highest BCUT2D eigenvalue weighted by molar-refractivity contribution is 7.97. The summed E-state index contributed by atoms with van der Waals surface area (Å²) in [5, 5.41) is 12.2. The van der Waals surface area contributed by atoms with E-state index in [0.717, 1.165) is 56.5 Å². The molecule has 1 amide bonds. The first-order valence-corrected chi connectivity index (χ1v) is 16.3. The summed E-state index contributed by atoms with van der Waals surface area (Å²) >= 11 is 1.15. The van der Waals surface area contributed by atoms with E-state index in [1.807, 2.05) is 18.2 Å². The predicted octanol–water partition coefficient (Wildman–Crippen LogP) is 5.75. The largest absolute Gasteiger partial charge is 0.477 e. The van der Waals surface area contributed by atoms with Gasteiger partial charge in [-0.1, -0.05) is 12.5 Å². The Hall–Kier alpha value is -3.52. The van der Waals surface area contributed by atoms with Crippen LogP contribution in [0.3, 0.4) is 0 Å². The molecule has 3 N–H and O–H groups in total. The topological polar surface area (TPSA) is 109 Å². The van der Waals surface area contributed by atoms with Crippen molar-refractivity contribution in [1.82, 2.24) is 29.8 Å². The first kappa shape index (κ1) is 31.5. The molecule has 5 heterocycles. The number of aromatic nitrogens is 4. The summed E-state index contributed by atoms with van der Waals surface area (Å²) in [7, 11) is 0. The number of anilines is 2. The Balaban J connectivity index is 1.25. The summed E-state index contributed by atoms with van der Waals surface area (Å²) in [5.41, 5.74) is -1.49. The summed E-state index contributed by atoms with van der Waals surface area (Å²) in [6, 6.07) is 10.9. The second-order valence-electron chi connectivity index (χ2n) is 12.7. The number of nitrogens with zero attached hydrogens (tertiary/aromatic N) is 5. The van der Waals surface area contributed by atoms with Gasteiger partial charge in [0.1, 0.15) is 16.7 Å². The highest BCUT2D eigenvalue weighted by atomic mass is 32.2. The molecule has 0 spiro atoms. The van der Waals surface area contributed by atoms with Crippen LogP contribution < -0.4 is 25.0 Å². The molecule has 14 heteroatoms. The lowest BCUT2D eigenvalue weighted by atomic mass is 9.99. The summed E-state index contributed by atoms with van der Waals surface area (Å²) in [6.45, 7) is 6.64. The molecule has 10 nitrogen and oxygen atoms in total. The summed E-state index contributed by atoms with van der Waals surface area (Å²) < 4.78 is 50.0. The van der Waals surface area contributed by atoms with E-state index in [0.29, 0.717) is 28.8 Å². The molecule has 3 aliphatic rings. The summed E-state index contributed by atoms with van der Waals surface area (Å²) in [6.07, 6.45) is 1.70. The van der Waals surface area contributed by atoms with Gasteiger partial charge in [-0.3, -0.25) is 9.52 Å². The second-order valence-corrected chi connectivity index (χ2v) is 13.5. The first-order valence-electron chi connectivity index (χ1n) is 15.5. The van der Waals surface area contributed by atoms with Gasteiger partial charge in [0.25, 0.3) is 5.91 Å². The molecule has 45 heavy (non-hydrogen) atoms. The van der Waals surface area contributed by atoms with Crippen molar-refractivity contribution in [2.45, 2.75) is 81.6 Å². The van der Waals surface area contributed by atoms with E-state index >= 15 is 0 Å². The van der Waals surface area contributed by atoms with Crippen molar-refractivity contribution < 1.29 is 22.7 Å². The zero-order valence-corrected chi connectivity index (χ0v) is 26.3. The molecule has 3 aromatic rings. The number of rotatable bonds is 5. The zero-order valence-electron chi connectivity index (χ0n) is 25.5. The Morgan fingerprint density at radius 2 is 1.89 bits per heavy atom. The maximum Gasteiger partial charge on any atom is 0.394 e. The molecule has 1 saturated carbocycles. The Bertz CT molecular complexity index is 1510. The molecule has 4 bridgehead atoms. The van der Waals surface area contributed by atoms with Gasteiger partial charge in [-0.05, 0) is 83.2 Å². The number of halogens is 3. The van der Waals surface area contributed by atoms with Crippen LogP contribution in [0.1, 0.15) is 69.2 Å². The fraction of sp³-hybridized carbons (Fsp3) is 0.548. The average molecular weight is 645 g/mol. The molecule has 2 aliphatic heterocycles. The molecule has 0 radical (unpaired) electrons. The molecular weight excluding hydrogens is 605 g/mol. The van der Waals surface area contributed by atoms with Crippen molar-refractivity contribution in [2.75, 3.05) is 36.5 Å². The average Bonchev–Trinajstić information content (AvgIpc) is 3.55. The minimum Gasteiger partial charge on any atom is -0.477 e. The van der Waals surface area contributed by atoms with E-state index in [-0.39, 0.29) is 49.2 Å². The lowest BCUT2D eigenvalue weighted by molar-refractivity contribution is -0.190. The van der Waals surface area contributed by atoms with Crippen LogP contribution in [0.25, 0.3) is 5.82 Å². The molecule has 6 rings (SSSR count). The number of amides is 1. The third-order valence-electron chi connectivity index (χ3n) is 8.89. The second kappa shape index (κ2) is 12.7. The highest BCUT2D eigenvalue weighted by Gasteiger charge is 2.62. The van der Waals surface area contributed by atoms with Crippen LogP contribution in [0.4, 0.5) is 24.8 Å². The van der Waals surface area contributed by atoms with Crippen LogP contribution in [0.2, 0.25) is 0 Å². The fourth-order valence-corrected chi connectivity index (χ4v) is 6.66. The smallest absolute Gasteiger partial charge is 0.394 e. The van der Waals surface area contributed by atoms with Crippen LogP contribution >= 0.6 is 11.9 Å². The van der Waals surface area contributed by atoms with Crippen LogP contribution in [0.15, 0.2) is 47.6 Å². The minimum absolute atomic E-state index is 0.0733. The van der Waals surface area contributed by atoms with E-state index < -0.39 is 11.6 Å². The van der Waals surface area contributed by atoms with Crippen LogP contribution in [-0.4, -0.2) is 69.7 Å². The van der Waals surface area contributed by atoms with Gasteiger partial charge < -0.3 is 20.3 Å². The van der Waals surface area contributed by atoms with Crippen LogP contribution in [-0.2, 0) is 0 Å². The predicted molar refractivity (Wildman–Crippen MR) is 167 cm³/mol. The number of fused-ring (bicyclic) bond motifs is 6. The molecule has 1 saturated heterocycles. The number of pyridine rings is 2. The van der Waals surface area contributed by atoms with Crippen molar-refractivity contribution in [2.24, 2.45) is 5.41 Å². The molecule has 1 atom stereocenters. The number of hydrogen-bond donors (Lipinski definition) is 3. The molecule has 1 unspecified atom stereocenters. The minimum atomic E-state index is -4.22. The Morgan fingerprint density at radius 1 is 1.07 bits per heavy atom. The number of carbonyl (C=O) groups excluding carboxylic acids is 1. The van der Waals surface area contributed by atoms with E-state index in [1.54, 1.807) is 24.4 Å². The first-order chi connectivity index (χ1) is 21.5. The number of nitrogens with one attached hydrogen (secondary N) is 3. The highest BCUT2D eigenvalue weighted by Crippen LogP contribution is 2.59. The lowest BCUT2D eigenvalue weighted by Gasteiger charge is -2.33. The van der Waals surface area contributed by atoms with Gasteiger partial charge in [0, 0.05) is 48.9 Å². The third kappa shape index (κ3) is 7.16. The molecule has 3 aromatic heterocycles. The number of hydrogen-bond acceptors (Lipinski definition) is 9. The van der Waals surface area contributed by atoms with Gasteiger partial charge in [0.05, 0.1) is 17.6 Å². The Kier molecular flexibility index (Phi) is 8.88. The molecular formula is C31H39F3N8O2S. The van der Waals surface area contributed by atoms with Crippen LogP contribution in [0, 0.1) is 5.41 Å². The van der Waals surface area contributed by atoms with Crippen molar-refractivity contribution in [3.05, 3.63) is 48.2 Å². The van der Waals surface area contributed by atoms with Gasteiger partial charge >= 0.3 is 6.18 Å². The van der Waals surface area contributed by atoms with Crippen molar-refractivity contribution in [3.63, 3.8) is 0 Å². The van der Waals surface area contributed by atoms with E-state index in [4.69, 9.17) is 9.72 Å². The Morgan fingerprint density at radius 3 is 2.69 bits per heavy atom. The van der Waals surface area contributed by atoms with E-state index in [9.17, 15) is 18.0 Å². The standard InChI is InChI=1S/C31H39F3N8O2S/c1-29(2)19-21-20-41(29)27-22(28(43)40-45-26-8-6-7-23(37-26)36-16-5-3-4-15-35-21)9-10-24(38-27)42-17-11-25(39-42)44-18-14-30(12-13-30)31(32,33)34/h6-11,17,21,35H,3-5,12-16,18-20H2,1-2H3,(H,36,37)(H,40,43). The monoisotopic (exact) mass is 644 g/mol. The van der Waals surface area contributed by atoms with Crippen molar-refractivity contribution >= 4 is 29.5 Å². The number of ether oxygens (including phenoxy) is 1. The normalized spacial score (nSPS) is 21.6. The summed E-state index contributed by atoms with van der Waals surface area (Å²) in [4.78, 5) is 25.4. The fourth-order valence-electron chi connectivity index (χ4n) is 6.07. The number of carbonyl (C=O) groups is 1. The van der Waals surface area contributed by atoms with E-state index in [2.05, 4.69) is 44.2 Å². The zero-order chi connectivity index (χ0) is 31.7. The molecule has 1 aliphatic carbocycles.